The maximum absolute atomic E-state index is 8.49. The molecule has 1 fully saturated rings. The van der Waals surface area contributed by atoms with Crippen molar-refractivity contribution >= 4 is 8.32 Å². The van der Waals surface area contributed by atoms with Gasteiger partial charge < -0.3 is 4.43 Å². The molecular weight excluding hydrogens is 230 g/mol. The van der Waals surface area contributed by atoms with Gasteiger partial charge in [0, 0.05) is 17.1 Å². The van der Waals surface area contributed by atoms with Crippen molar-refractivity contribution in [3.8, 4) is 0 Å². The molecule has 5 heteroatoms. The normalized spacial score (nSPS) is 26.4. The Bertz CT molecular complexity index is 305. The molecule has 0 bridgehead atoms. The summed E-state index contributed by atoms with van der Waals surface area (Å²) in [7, 11) is -1.68. The third kappa shape index (κ3) is 4.02. The molecule has 0 heterocycles. The van der Waals surface area contributed by atoms with Gasteiger partial charge in [-0.1, -0.05) is 32.3 Å². The minimum Gasteiger partial charge on any atom is -0.414 e. The summed E-state index contributed by atoms with van der Waals surface area (Å²) in [5.41, 5.74) is 8.49. The van der Waals surface area contributed by atoms with Crippen LogP contribution < -0.4 is 0 Å². The lowest BCUT2D eigenvalue weighted by Gasteiger charge is -2.41. The third-order valence-electron chi connectivity index (χ3n) is 4.08. The molecule has 1 aliphatic carbocycles. The van der Waals surface area contributed by atoms with Gasteiger partial charge in [0.15, 0.2) is 8.32 Å². The zero-order chi connectivity index (χ0) is 13.1. The van der Waals surface area contributed by atoms with E-state index < -0.39 is 8.32 Å². The standard InChI is InChI=1S/C12H25N3OSi/c1-12(2,3)17(4,5)16-11-8-6-7-10(9-11)14-15-13/h10-11H,6-9H2,1-5H3/t10-,11+/m1/s1. The van der Waals surface area contributed by atoms with Crippen LogP contribution in [0.15, 0.2) is 5.11 Å². The predicted octanol–water partition coefficient (Wildman–Crippen LogP) is 4.63. The van der Waals surface area contributed by atoms with Gasteiger partial charge in [-0.3, -0.25) is 0 Å². The van der Waals surface area contributed by atoms with Crippen LogP contribution >= 0.6 is 0 Å². The number of rotatable bonds is 3. The lowest BCUT2D eigenvalue weighted by atomic mass is 9.94. The van der Waals surface area contributed by atoms with E-state index in [4.69, 9.17) is 9.96 Å². The number of hydrogen-bond donors (Lipinski definition) is 0. The second-order valence-electron chi connectivity index (χ2n) is 6.53. The zero-order valence-corrected chi connectivity index (χ0v) is 12.7. The second kappa shape index (κ2) is 5.42. The Morgan fingerprint density at radius 2 is 1.94 bits per heavy atom. The topological polar surface area (TPSA) is 58.0 Å². The molecule has 4 nitrogen and oxygen atoms in total. The van der Waals surface area contributed by atoms with E-state index in [0.29, 0.717) is 6.10 Å². The molecule has 17 heavy (non-hydrogen) atoms. The highest BCUT2D eigenvalue weighted by atomic mass is 28.4. The van der Waals surface area contributed by atoms with E-state index in [9.17, 15) is 0 Å². The Morgan fingerprint density at radius 1 is 1.29 bits per heavy atom. The molecule has 1 saturated carbocycles. The smallest absolute Gasteiger partial charge is 0.192 e. The lowest BCUT2D eigenvalue weighted by molar-refractivity contribution is 0.128. The van der Waals surface area contributed by atoms with E-state index in [-0.39, 0.29) is 11.1 Å². The van der Waals surface area contributed by atoms with Crippen molar-refractivity contribution < 1.29 is 4.43 Å². The molecule has 0 aliphatic heterocycles. The van der Waals surface area contributed by atoms with Crippen LogP contribution in [-0.2, 0) is 4.43 Å². The van der Waals surface area contributed by atoms with Gasteiger partial charge in [-0.25, -0.2) is 0 Å². The molecule has 0 saturated heterocycles. The Hall–Kier alpha value is -0.513. The van der Waals surface area contributed by atoms with Gasteiger partial charge in [0.2, 0.25) is 0 Å². The van der Waals surface area contributed by atoms with Crippen LogP contribution in [0.25, 0.3) is 10.4 Å². The fourth-order valence-corrected chi connectivity index (χ4v) is 3.40. The van der Waals surface area contributed by atoms with Crippen LogP contribution in [-0.4, -0.2) is 20.5 Å². The first-order chi connectivity index (χ1) is 7.76. The van der Waals surface area contributed by atoms with E-state index in [1.54, 1.807) is 0 Å². The first kappa shape index (κ1) is 14.5. The first-order valence-electron chi connectivity index (χ1n) is 6.48. The van der Waals surface area contributed by atoms with Crippen molar-refractivity contribution in [2.45, 2.75) is 76.7 Å². The molecule has 0 amide bonds. The minimum atomic E-state index is -1.68. The molecule has 0 unspecified atom stereocenters. The van der Waals surface area contributed by atoms with Crippen molar-refractivity contribution in [3.05, 3.63) is 10.4 Å². The van der Waals surface area contributed by atoms with Crippen molar-refractivity contribution in [2.75, 3.05) is 0 Å². The van der Waals surface area contributed by atoms with Crippen LogP contribution in [0.2, 0.25) is 18.1 Å². The summed E-state index contributed by atoms with van der Waals surface area (Å²) in [6.45, 7) is 11.3. The maximum Gasteiger partial charge on any atom is 0.192 e. The summed E-state index contributed by atoms with van der Waals surface area (Å²) in [5, 5.41) is 4.09. The molecule has 2 atom stereocenters. The van der Waals surface area contributed by atoms with Gasteiger partial charge in [0.1, 0.15) is 0 Å². The Kier molecular flexibility index (Phi) is 4.64. The van der Waals surface area contributed by atoms with Crippen LogP contribution in [0.1, 0.15) is 46.5 Å². The van der Waals surface area contributed by atoms with Gasteiger partial charge in [-0.05, 0) is 42.9 Å². The third-order valence-corrected chi connectivity index (χ3v) is 8.62. The van der Waals surface area contributed by atoms with Crippen LogP contribution in [0.4, 0.5) is 0 Å². The highest BCUT2D eigenvalue weighted by Gasteiger charge is 2.39. The molecule has 98 valence electrons. The molecule has 0 radical (unpaired) electrons. The second-order valence-corrected chi connectivity index (χ2v) is 11.3. The van der Waals surface area contributed by atoms with Gasteiger partial charge >= 0.3 is 0 Å². The molecule has 1 aliphatic rings. The molecule has 1 rings (SSSR count). The van der Waals surface area contributed by atoms with E-state index in [0.717, 1.165) is 25.7 Å². The predicted molar refractivity (Wildman–Crippen MR) is 73.5 cm³/mol. The first-order valence-corrected chi connectivity index (χ1v) is 9.39. The zero-order valence-electron chi connectivity index (χ0n) is 11.7. The van der Waals surface area contributed by atoms with Crippen LogP contribution in [0.5, 0.6) is 0 Å². The largest absolute Gasteiger partial charge is 0.414 e. The SMILES string of the molecule is CC(C)(C)[Si](C)(C)O[C@H]1CCC[C@@H](N=[N+]=[N-])C1. The van der Waals surface area contributed by atoms with Gasteiger partial charge in [0.25, 0.3) is 0 Å². The maximum atomic E-state index is 8.49. The fraction of sp³-hybridized carbons (Fsp3) is 1.00. The molecule has 0 aromatic rings. The highest BCUT2D eigenvalue weighted by Crippen LogP contribution is 2.39. The quantitative estimate of drug-likeness (QED) is 0.314. The number of hydrogen-bond acceptors (Lipinski definition) is 2. The average Bonchev–Trinajstić information content (AvgIpc) is 2.16. The summed E-state index contributed by atoms with van der Waals surface area (Å²) in [6.07, 6.45) is 4.44. The van der Waals surface area contributed by atoms with Gasteiger partial charge in [-0.15, -0.1) is 0 Å². The monoisotopic (exact) mass is 255 g/mol. The van der Waals surface area contributed by atoms with Gasteiger partial charge in [-0.2, -0.15) is 0 Å². The highest BCUT2D eigenvalue weighted by molar-refractivity contribution is 6.74. The summed E-state index contributed by atoms with van der Waals surface area (Å²) >= 11 is 0. The van der Waals surface area contributed by atoms with Crippen LogP contribution in [0.3, 0.4) is 0 Å². The Morgan fingerprint density at radius 3 is 2.47 bits per heavy atom. The Balaban J connectivity index is 2.60. The molecule has 0 aromatic carbocycles. The molecule has 0 N–H and O–H groups in total. The summed E-state index contributed by atoms with van der Waals surface area (Å²) in [5.74, 6) is 0. The van der Waals surface area contributed by atoms with E-state index in [1.165, 1.54) is 0 Å². The van der Waals surface area contributed by atoms with E-state index in [2.05, 4.69) is 43.9 Å². The van der Waals surface area contributed by atoms with Crippen molar-refractivity contribution in [2.24, 2.45) is 5.11 Å². The molecule has 0 spiro atoms. The van der Waals surface area contributed by atoms with Crippen molar-refractivity contribution in [1.29, 1.82) is 0 Å². The summed E-state index contributed by atoms with van der Waals surface area (Å²) in [6, 6.07) is 0.142. The van der Waals surface area contributed by atoms with Crippen molar-refractivity contribution in [3.63, 3.8) is 0 Å². The van der Waals surface area contributed by atoms with Gasteiger partial charge in [0.05, 0.1) is 0 Å². The van der Waals surface area contributed by atoms with Crippen molar-refractivity contribution in [1.82, 2.24) is 0 Å². The average molecular weight is 255 g/mol. The number of nitrogens with zero attached hydrogens (tertiary/aromatic N) is 3. The molecule has 0 aromatic heterocycles. The van der Waals surface area contributed by atoms with Crippen LogP contribution in [0, 0.1) is 0 Å². The number of azide groups is 1. The summed E-state index contributed by atoms with van der Waals surface area (Å²) < 4.78 is 6.38. The summed E-state index contributed by atoms with van der Waals surface area (Å²) in [4.78, 5) is 2.92. The minimum absolute atomic E-state index is 0.142. The van der Waals surface area contributed by atoms with E-state index in [1.807, 2.05) is 0 Å². The Labute approximate surface area is 105 Å². The van der Waals surface area contributed by atoms with E-state index >= 15 is 0 Å². The lowest BCUT2D eigenvalue weighted by Crippen LogP contribution is -2.45. The molecular formula is C12H25N3OSi. The fourth-order valence-electron chi connectivity index (χ4n) is 2.00.